The minimum Gasteiger partial charge on any atom is -0.379 e. The molecule has 2 atom stereocenters. The van der Waals surface area contributed by atoms with Crippen LogP contribution in [0.4, 0.5) is 4.39 Å². The number of hydrogen-bond donors (Lipinski definition) is 2. The molecule has 2 heterocycles. The van der Waals surface area contributed by atoms with E-state index in [-0.39, 0.29) is 11.9 Å². The number of morpholine rings is 2. The van der Waals surface area contributed by atoms with Crippen LogP contribution in [0.1, 0.15) is 25.5 Å². The van der Waals surface area contributed by atoms with Crippen molar-refractivity contribution >= 4 is 5.96 Å². The lowest BCUT2D eigenvalue weighted by molar-refractivity contribution is 0.0169. The standard InChI is InChI=1S/C22H36FN5O2/c1-3-24-22(25-16-18(2)27-7-11-29-12-8-27)26-17-21(28-9-13-30-14-10-28)19-5-4-6-20(23)15-19/h4-6,15,18,21H,3,7-14,16-17H2,1-2H3,(H2,24,25,26). The van der Waals surface area contributed by atoms with Crippen molar-refractivity contribution < 1.29 is 13.9 Å². The molecule has 30 heavy (non-hydrogen) atoms. The van der Waals surface area contributed by atoms with Gasteiger partial charge in [0, 0.05) is 45.3 Å². The fraction of sp³-hybridized carbons (Fsp3) is 0.682. The summed E-state index contributed by atoms with van der Waals surface area (Å²) in [5.74, 6) is 0.595. The van der Waals surface area contributed by atoms with Gasteiger partial charge in [-0.1, -0.05) is 12.1 Å². The Kier molecular flexibility index (Phi) is 9.32. The monoisotopic (exact) mass is 421 g/mol. The Morgan fingerprint density at radius 1 is 1.07 bits per heavy atom. The van der Waals surface area contributed by atoms with Crippen LogP contribution in [0.25, 0.3) is 0 Å². The molecular formula is C22H36FN5O2. The van der Waals surface area contributed by atoms with Crippen molar-refractivity contribution in [2.75, 3.05) is 72.2 Å². The van der Waals surface area contributed by atoms with E-state index in [1.54, 1.807) is 12.1 Å². The van der Waals surface area contributed by atoms with Gasteiger partial charge in [-0.15, -0.1) is 0 Å². The molecule has 0 saturated carbocycles. The van der Waals surface area contributed by atoms with Crippen molar-refractivity contribution in [3.8, 4) is 0 Å². The van der Waals surface area contributed by atoms with Crippen molar-refractivity contribution in [2.24, 2.45) is 4.99 Å². The van der Waals surface area contributed by atoms with Crippen LogP contribution in [0.3, 0.4) is 0 Å². The third kappa shape index (κ3) is 6.91. The zero-order valence-electron chi connectivity index (χ0n) is 18.3. The number of nitrogens with zero attached hydrogens (tertiary/aromatic N) is 3. The van der Waals surface area contributed by atoms with Gasteiger partial charge in [0.05, 0.1) is 39.0 Å². The van der Waals surface area contributed by atoms with Crippen molar-refractivity contribution in [1.29, 1.82) is 0 Å². The highest BCUT2D eigenvalue weighted by molar-refractivity contribution is 5.79. The van der Waals surface area contributed by atoms with Crippen molar-refractivity contribution in [2.45, 2.75) is 25.9 Å². The third-order valence-electron chi connectivity index (χ3n) is 5.71. The van der Waals surface area contributed by atoms with Gasteiger partial charge in [-0.3, -0.25) is 14.8 Å². The molecule has 0 spiro atoms. The second-order valence-electron chi connectivity index (χ2n) is 7.82. The van der Waals surface area contributed by atoms with Gasteiger partial charge < -0.3 is 20.1 Å². The summed E-state index contributed by atoms with van der Waals surface area (Å²) < 4.78 is 24.8. The normalized spacial score (nSPS) is 21.2. The van der Waals surface area contributed by atoms with E-state index in [1.165, 1.54) is 6.07 Å². The van der Waals surface area contributed by atoms with Crippen LogP contribution in [0.15, 0.2) is 29.3 Å². The lowest BCUT2D eigenvalue weighted by Gasteiger charge is -2.35. The van der Waals surface area contributed by atoms with Gasteiger partial charge in [0.15, 0.2) is 5.96 Å². The van der Waals surface area contributed by atoms with E-state index in [1.807, 2.05) is 6.07 Å². The smallest absolute Gasteiger partial charge is 0.191 e. The molecule has 0 aliphatic carbocycles. The van der Waals surface area contributed by atoms with Crippen LogP contribution in [-0.2, 0) is 9.47 Å². The van der Waals surface area contributed by atoms with E-state index in [0.717, 1.165) is 64.0 Å². The summed E-state index contributed by atoms with van der Waals surface area (Å²) in [4.78, 5) is 9.58. The summed E-state index contributed by atoms with van der Waals surface area (Å²) in [7, 11) is 0. The highest BCUT2D eigenvalue weighted by Gasteiger charge is 2.23. The Morgan fingerprint density at radius 3 is 2.37 bits per heavy atom. The molecule has 8 heteroatoms. The zero-order valence-corrected chi connectivity index (χ0v) is 18.3. The van der Waals surface area contributed by atoms with Gasteiger partial charge in [0.25, 0.3) is 0 Å². The number of nitrogens with one attached hydrogen (secondary N) is 2. The quantitative estimate of drug-likeness (QED) is 0.490. The average molecular weight is 422 g/mol. The Balaban J connectivity index is 1.64. The molecule has 2 unspecified atom stereocenters. The van der Waals surface area contributed by atoms with Crippen LogP contribution in [0.2, 0.25) is 0 Å². The van der Waals surface area contributed by atoms with Crippen molar-refractivity contribution in [1.82, 2.24) is 20.4 Å². The molecule has 1 aromatic carbocycles. The molecule has 2 N–H and O–H groups in total. The molecule has 2 aliphatic heterocycles. The summed E-state index contributed by atoms with van der Waals surface area (Å²) in [6.07, 6.45) is 0. The topological polar surface area (TPSA) is 61.4 Å². The van der Waals surface area contributed by atoms with Gasteiger partial charge in [-0.25, -0.2) is 4.39 Å². The number of guanidine groups is 1. The first-order chi connectivity index (χ1) is 14.7. The van der Waals surface area contributed by atoms with E-state index in [2.05, 4.69) is 34.3 Å². The SMILES string of the molecule is CCNC(=NCC(C)N1CCOCC1)NCC(c1cccc(F)c1)N1CCOCC1. The zero-order chi connectivity index (χ0) is 21.2. The summed E-state index contributed by atoms with van der Waals surface area (Å²) in [6.45, 7) is 13.0. The van der Waals surface area contributed by atoms with E-state index in [9.17, 15) is 4.39 Å². The fourth-order valence-electron chi connectivity index (χ4n) is 3.95. The number of hydrogen-bond acceptors (Lipinski definition) is 5. The number of aliphatic imine (C=N–C) groups is 1. The second-order valence-corrected chi connectivity index (χ2v) is 7.82. The van der Waals surface area contributed by atoms with Crippen LogP contribution in [0.5, 0.6) is 0 Å². The maximum absolute atomic E-state index is 13.9. The molecular weight excluding hydrogens is 385 g/mol. The van der Waals surface area contributed by atoms with E-state index >= 15 is 0 Å². The van der Waals surface area contributed by atoms with Gasteiger partial charge >= 0.3 is 0 Å². The predicted molar refractivity (Wildman–Crippen MR) is 117 cm³/mol. The average Bonchev–Trinajstić information content (AvgIpc) is 2.78. The van der Waals surface area contributed by atoms with E-state index in [0.29, 0.717) is 25.8 Å². The van der Waals surface area contributed by atoms with Gasteiger partial charge in [-0.2, -0.15) is 0 Å². The lowest BCUT2D eigenvalue weighted by atomic mass is 10.0. The molecule has 3 rings (SSSR count). The summed E-state index contributed by atoms with van der Waals surface area (Å²) in [5.41, 5.74) is 0.974. The Morgan fingerprint density at radius 2 is 1.73 bits per heavy atom. The number of rotatable bonds is 8. The minimum absolute atomic E-state index is 0.0603. The molecule has 7 nitrogen and oxygen atoms in total. The highest BCUT2D eigenvalue weighted by atomic mass is 19.1. The maximum atomic E-state index is 13.9. The first-order valence-electron chi connectivity index (χ1n) is 11.1. The summed E-state index contributed by atoms with van der Waals surface area (Å²) >= 11 is 0. The largest absolute Gasteiger partial charge is 0.379 e. The first kappa shape index (κ1) is 22.9. The number of benzene rings is 1. The van der Waals surface area contributed by atoms with Crippen molar-refractivity contribution in [3.63, 3.8) is 0 Å². The fourth-order valence-corrected chi connectivity index (χ4v) is 3.95. The van der Waals surface area contributed by atoms with E-state index in [4.69, 9.17) is 14.5 Å². The summed E-state index contributed by atoms with van der Waals surface area (Å²) in [5, 5.41) is 6.83. The molecule has 2 aliphatic rings. The third-order valence-corrected chi connectivity index (χ3v) is 5.71. The van der Waals surface area contributed by atoms with Crippen LogP contribution >= 0.6 is 0 Å². The molecule has 2 saturated heterocycles. The highest BCUT2D eigenvalue weighted by Crippen LogP contribution is 2.22. The minimum atomic E-state index is -0.203. The van der Waals surface area contributed by atoms with E-state index < -0.39 is 0 Å². The number of ether oxygens (including phenoxy) is 2. The second kappa shape index (κ2) is 12.2. The maximum Gasteiger partial charge on any atom is 0.191 e. The van der Waals surface area contributed by atoms with Crippen LogP contribution in [0, 0.1) is 5.82 Å². The Bertz CT molecular complexity index is 663. The molecule has 0 bridgehead atoms. The van der Waals surface area contributed by atoms with Gasteiger partial charge in [0.1, 0.15) is 5.82 Å². The molecule has 0 radical (unpaired) electrons. The molecule has 2 fully saturated rings. The van der Waals surface area contributed by atoms with Gasteiger partial charge in [-0.05, 0) is 31.5 Å². The van der Waals surface area contributed by atoms with Gasteiger partial charge in [0.2, 0.25) is 0 Å². The first-order valence-corrected chi connectivity index (χ1v) is 11.1. The molecule has 1 aromatic rings. The predicted octanol–water partition coefficient (Wildman–Crippen LogP) is 1.47. The van der Waals surface area contributed by atoms with Crippen molar-refractivity contribution in [3.05, 3.63) is 35.6 Å². The van der Waals surface area contributed by atoms with Crippen LogP contribution < -0.4 is 10.6 Å². The molecule has 168 valence electrons. The Labute approximate surface area is 179 Å². The number of halogens is 1. The molecule has 0 amide bonds. The summed E-state index contributed by atoms with van der Waals surface area (Å²) in [6, 6.07) is 7.32. The Hall–Kier alpha value is -1.74. The van der Waals surface area contributed by atoms with Crippen LogP contribution in [-0.4, -0.2) is 94.0 Å². The lowest BCUT2D eigenvalue weighted by Crippen LogP contribution is -2.47. The molecule has 0 aromatic heterocycles.